The van der Waals surface area contributed by atoms with E-state index in [1.807, 2.05) is 0 Å². The quantitative estimate of drug-likeness (QED) is 0.767. The second kappa shape index (κ2) is 5.54. The third kappa shape index (κ3) is 3.74. The molecule has 2 nitrogen and oxygen atoms in total. The maximum atomic E-state index is 12.0. The van der Waals surface area contributed by atoms with Gasteiger partial charge in [0.1, 0.15) is 12.0 Å². The highest BCUT2D eigenvalue weighted by Crippen LogP contribution is 2.28. The molecule has 0 spiro atoms. The molecule has 0 aliphatic heterocycles. The van der Waals surface area contributed by atoms with Crippen LogP contribution in [0.3, 0.4) is 0 Å². The molecule has 20 heavy (non-hydrogen) atoms. The summed E-state index contributed by atoms with van der Waals surface area (Å²) in [5.74, 6) is -0.307. The Hall–Kier alpha value is -2.01. The lowest BCUT2D eigenvalue weighted by Crippen LogP contribution is -2.16. The van der Waals surface area contributed by atoms with Gasteiger partial charge in [-0.1, -0.05) is 23.7 Å². The first-order chi connectivity index (χ1) is 9.37. The molecule has 0 saturated carbocycles. The van der Waals surface area contributed by atoms with Crippen molar-refractivity contribution in [2.75, 3.05) is 0 Å². The fraction of sp³-hybridized carbons (Fsp3) is 0.0714. The fourth-order valence-corrected chi connectivity index (χ4v) is 1.94. The van der Waals surface area contributed by atoms with E-state index in [0.29, 0.717) is 28.0 Å². The van der Waals surface area contributed by atoms with Crippen LogP contribution in [0.4, 0.5) is 13.2 Å². The molecule has 0 fully saturated rings. The number of aldehydes is 1. The van der Waals surface area contributed by atoms with Gasteiger partial charge in [0.05, 0.1) is 0 Å². The summed E-state index contributed by atoms with van der Waals surface area (Å²) in [6, 6.07) is 10.0. The van der Waals surface area contributed by atoms with Gasteiger partial charge in [0.15, 0.2) is 0 Å². The van der Waals surface area contributed by atoms with Crippen molar-refractivity contribution in [2.24, 2.45) is 0 Å². The largest absolute Gasteiger partial charge is 0.573 e. The van der Waals surface area contributed by atoms with Crippen molar-refractivity contribution in [1.29, 1.82) is 0 Å². The van der Waals surface area contributed by atoms with Crippen molar-refractivity contribution in [3.8, 4) is 16.9 Å². The van der Waals surface area contributed by atoms with Crippen molar-refractivity contribution in [3.63, 3.8) is 0 Å². The van der Waals surface area contributed by atoms with Gasteiger partial charge in [0.25, 0.3) is 0 Å². The highest BCUT2D eigenvalue weighted by molar-refractivity contribution is 6.31. The lowest BCUT2D eigenvalue weighted by atomic mass is 10.0. The predicted molar refractivity (Wildman–Crippen MR) is 69.0 cm³/mol. The van der Waals surface area contributed by atoms with Gasteiger partial charge in [-0.2, -0.15) is 0 Å². The molecular weight excluding hydrogens is 293 g/mol. The Morgan fingerprint density at radius 2 is 1.65 bits per heavy atom. The zero-order valence-corrected chi connectivity index (χ0v) is 10.7. The summed E-state index contributed by atoms with van der Waals surface area (Å²) in [6.07, 6.45) is -4.07. The summed E-state index contributed by atoms with van der Waals surface area (Å²) >= 11 is 5.86. The minimum Gasteiger partial charge on any atom is -0.406 e. The number of benzene rings is 2. The molecule has 104 valence electrons. The van der Waals surface area contributed by atoms with Gasteiger partial charge in [-0.3, -0.25) is 4.79 Å². The molecule has 2 aromatic carbocycles. The van der Waals surface area contributed by atoms with Crippen molar-refractivity contribution in [1.82, 2.24) is 0 Å². The van der Waals surface area contributed by atoms with Crippen LogP contribution in [0.15, 0.2) is 42.5 Å². The van der Waals surface area contributed by atoms with E-state index in [4.69, 9.17) is 11.6 Å². The van der Waals surface area contributed by atoms with E-state index in [2.05, 4.69) is 4.74 Å². The van der Waals surface area contributed by atoms with Crippen molar-refractivity contribution in [2.45, 2.75) is 6.36 Å². The van der Waals surface area contributed by atoms with Crippen molar-refractivity contribution in [3.05, 3.63) is 53.1 Å². The van der Waals surface area contributed by atoms with Crippen LogP contribution < -0.4 is 4.74 Å². The van der Waals surface area contributed by atoms with E-state index in [1.54, 1.807) is 12.1 Å². The van der Waals surface area contributed by atoms with Crippen molar-refractivity contribution >= 4 is 17.9 Å². The van der Waals surface area contributed by atoms with Gasteiger partial charge < -0.3 is 4.74 Å². The Bertz CT molecular complexity index is 621. The van der Waals surface area contributed by atoms with E-state index in [0.717, 1.165) is 0 Å². The molecule has 0 radical (unpaired) electrons. The van der Waals surface area contributed by atoms with Gasteiger partial charge in [0.2, 0.25) is 0 Å². The summed E-state index contributed by atoms with van der Waals surface area (Å²) in [6.45, 7) is 0. The third-order valence-corrected chi connectivity index (χ3v) is 2.70. The monoisotopic (exact) mass is 300 g/mol. The lowest BCUT2D eigenvalue weighted by molar-refractivity contribution is -0.274. The second-order valence-electron chi connectivity index (χ2n) is 3.96. The van der Waals surface area contributed by atoms with Crippen LogP contribution in [-0.2, 0) is 0 Å². The Labute approximate surface area is 117 Å². The van der Waals surface area contributed by atoms with E-state index in [1.165, 1.54) is 30.3 Å². The Morgan fingerprint density at radius 3 is 2.20 bits per heavy atom. The topological polar surface area (TPSA) is 26.3 Å². The van der Waals surface area contributed by atoms with Gasteiger partial charge in [-0.15, -0.1) is 13.2 Å². The minimum absolute atomic E-state index is 0.307. The molecule has 0 aliphatic rings. The summed E-state index contributed by atoms with van der Waals surface area (Å²) in [4.78, 5) is 10.7. The standard InChI is InChI=1S/C14H8ClF3O2/c15-12-6-9(8-19)5-11(7-12)10-1-3-13(4-2-10)20-14(16,17)18/h1-8H. The Balaban J connectivity index is 2.30. The first kappa shape index (κ1) is 14.4. The molecular formula is C14H8ClF3O2. The van der Waals surface area contributed by atoms with Crippen LogP contribution in [0.2, 0.25) is 5.02 Å². The molecule has 0 amide bonds. The molecule has 0 aliphatic carbocycles. The van der Waals surface area contributed by atoms with E-state index in [9.17, 15) is 18.0 Å². The third-order valence-electron chi connectivity index (χ3n) is 2.48. The van der Waals surface area contributed by atoms with Crippen LogP contribution >= 0.6 is 11.6 Å². The molecule has 2 aromatic rings. The molecule has 0 aromatic heterocycles. The van der Waals surface area contributed by atoms with Gasteiger partial charge >= 0.3 is 6.36 Å². The second-order valence-corrected chi connectivity index (χ2v) is 4.40. The number of halogens is 4. The highest BCUT2D eigenvalue weighted by Gasteiger charge is 2.30. The maximum Gasteiger partial charge on any atom is 0.573 e. The lowest BCUT2D eigenvalue weighted by Gasteiger charge is -2.09. The number of hydrogen-bond donors (Lipinski definition) is 0. The average Bonchev–Trinajstić information content (AvgIpc) is 2.37. The van der Waals surface area contributed by atoms with Crippen LogP contribution in [0.1, 0.15) is 10.4 Å². The number of carbonyl (C=O) groups is 1. The SMILES string of the molecule is O=Cc1cc(Cl)cc(-c2ccc(OC(F)(F)F)cc2)c1. The summed E-state index contributed by atoms with van der Waals surface area (Å²) < 4.78 is 39.9. The zero-order chi connectivity index (χ0) is 14.8. The van der Waals surface area contributed by atoms with E-state index >= 15 is 0 Å². The van der Waals surface area contributed by atoms with Crippen LogP contribution in [0.25, 0.3) is 11.1 Å². The van der Waals surface area contributed by atoms with Crippen LogP contribution in [-0.4, -0.2) is 12.6 Å². The summed E-state index contributed by atoms with van der Waals surface area (Å²) in [5.41, 5.74) is 1.66. The van der Waals surface area contributed by atoms with Gasteiger partial charge in [-0.25, -0.2) is 0 Å². The molecule has 0 unspecified atom stereocenters. The molecule has 2 rings (SSSR count). The first-order valence-corrected chi connectivity index (χ1v) is 5.87. The molecule has 0 heterocycles. The first-order valence-electron chi connectivity index (χ1n) is 5.49. The Morgan fingerprint density at radius 1 is 1.00 bits per heavy atom. The normalized spacial score (nSPS) is 11.2. The number of carbonyl (C=O) groups excluding carboxylic acids is 1. The molecule has 0 N–H and O–H groups in total. The molecule has 0 bridgehead atoms. The fourth-order valence-electron chi connectivity index (χ4n) is 1.70. The number of rotatable bonds is 3. The van der Waals surface area contributed by atoms with Crippen LogP contribution in [0, 0.1) is 0 Å². The Kier molecular flexibility index (Phi) is 3.99. The maximum absolute atomic E-state index is 12.0. The van der Waals surface area contributed by atoms with Gasteiger partial charge in [0, 0.05) is 10.6 Å². The highest BCUT2D eigenvalue weighted by atomic mass is 35.5. The predicted octanol–water partition coefficient (Wildman–Crippen LogP) is 4.72. The smallest absolute Gasteiger partial charge is 0.406 e. The van der Waals surface area contributed by atoms with E-state index in [-0.39, 0.29) is 5.75 Å². The number of ether oxygens (including phenoxy) is 1. The van der Waals surface area contributed by atoms with Crippen LogP contribution in [0.5, 0.6) is 5.75 Å². The molecule has 0 atom stereocenters. The summed E-state index contributed by atoms with van der Waals surface area (Å²) in [7, 11) is 0. The number of hydrogen-bond acceptors (Lipinski definition) is 2. The van der Waals surface area contributed by atoms with Crippen molar-refractivity contribution < 1.29 is 22.7 Å². The number of alkyl halides is 3. The summed E-state index contributed by atoms with van der Waals surface area (Å²) in [5, 5.41) is 0.375. The van der Waals surface area contributed by atoms with E-state index < -0.39 is 6.36 Å². The van der Waals surface area contributed by atoms with Gasteiger partial charge in [-0.05, 0) is 41.5 Å². The average molecular weight is 301 g/mol. The zero-order valence-electron chi connectivity index (χ0n) is 9.95. The minimum atomic E-state index is -4.72. The molecule has 6 heteroatoms. The molecule has 0 saturated heterocycles.